The molecule has 1 aliphatic carbocycles. The van der Waals surface area contributed by atoms with Gasteiger partial charge >= 0.3 is 0 Å². The third kappa shape index (κ3) is 6.92. The van der Waals surface area contributed by atoms with Gasteiger partial charge in [0.1, 0.15) is 11.9 Å². The van der Waals surface area contributed by atoms with Gasteiger partial charge in [0.05, 0.1) is 19.3 Å². The predicted octanol–water partition coefficient (Wildman–Crippen LogP) is 6.00. The molecular weight excluding hydrogens is 484 g/mol. The van der Waals surface area contributed by atoms with Crippen LogP contribution < -0.4 is 20.3 Å². The molecule has 1 aliphatic rings. The van der Waals surface area contributed by atoms with Crippen LogP contribution in [-0.4, -0.2) is 35.8 Å². The van der Waals surface area contributed by atoms with E-state index in [-0.39, 0.29) is 0 Å². The molecule has 1 saturated carbocycles. The summed E-state index contributed by atoms with van der Waals surface area (Å²) in [5.74, 6) is 1.45. The molecular formula is C32H34N6O. The monoisotopic (exact) mass is 518 g/mol. The fraction of sp³-hybridized carbons (Fsp3) is 0.281. The SMILES string of the molecule is COc1ccc(-c2ccc(N(CNCc3ccccc3)[C@H]3CC[C@H](Nc4ccc(C#N)cn4)CC3)cc2)cn1. The van der Waals surface area contributed by atoms with Gasteiger partial charge in [-0.05, 0) is 67.1 Å². The average Bonchev–Trinajstić information content (AvgIpc) is 3.01. The van der Waals surface area contributed by atoms with E-state index in [9.17, 15) is 0 Å². The fourth-order valence-electron chi connectivity index (χ4n) is 5.15. The lowest BCUT2D eigenvalue weighted by molar-refractivity contribution is 0.382. The average molecular weight is 519 g/mol. The second-order valence-electron chi connectivity index (χ2n) is 9.87. The molecule has 2 aromatic carbocycles. The van der Waals surface area contributed by atoms with Gasteiger partial charge in [-0.1, -0.05) is 42.5 Å². The van der Waals surface area contributed by atoms with Crippen LogP contribution in [0, 0.1) is 11.3 Å². The molecule has 2 aromatic heterocycles. The molecule has 0 spiro atoms. The first-order valence-corrected chi connectivity index (χ1v) is 13.5. The number of hydrogen-bond acceptors (Lipinski definition) is 7. The number of nitriles is 1. The van der Waals surface area contributed by atoms with Crippen molar-refractivity contribution in [1.82, 2.24) is 15.3 Å². The van der Waals surface area contributed by atoms with Gasteiger partial charge in [0, 0.05) is 48.3 Å². The van der Waals surface area contributed by atoms with Crippen LogP contribution >= 0.6 is 0 Å². The maximum atomic E-state index is 9.02. The summed E-state index contributed by atoms with van der Waals surface area (Å²) < 4.78 is 5.20. The molecule has 4 aromatic rings. The van der Waals surface area contributed by atoms with E-state index in [1.807, 2.05) is 30.5 Å². The Morgan fingerprint density at radius 1 is 0.872 bits per heavy atom. The maximum absolute atomic E-state index is 9.02. The molecule has 0 saturated heterocycles. The number of nitrogens with zero attached hydrogens (tertiary/aromatic N) is 4. The van der Waals surface area contributed by atoms with Gasteiger partial charge in [0.2, 0.25) is 5.88 Å². The molecule has 39 heavy (non-hydrogen) atoms. The van der Waals surface area contributed by atoms with Gasteiger partial charge in [-0.15, -0.1) is 0 Å². The van der Waals surface area contributed by atoms with E-state index in [0.29, 0.717) is 23.5 Å². The molecule has 0 aliphatic heterocycles. The predicted molar refractivity (Wildman–Crippen MR) is 155 cm³/mol. The Kier molecular flexibility index (Phi) is 8.67. The molecule has 2 heterocycles. The Bertz CT molecular complexity index is 1340. The quantitative estimate of drug-likeness (QED) is 0.249. The lowest BCUT2D eigenvalue weighted by Crippen LogP contribution is -2.45. The Balaban J connectivity index is 1.26. The minimum absolute atomic E-state index is 0.380. The first kappa shape index (κ1) is 26.2. The molecule has 2 N–H and O–H groups in total. The van der Waals surface area contributed by atoms with Crippen LogP contribution in [0.4, 0.5) is 11.5 Å². The molecule has 1 fully saturated rings. The number of hydrogen-bond donors (Lipinski definition) is 2. The van der Waals surface area contributed by atoms with Gasteiger partial charge in [-0.25, -0.2) is 9.97 Å². The summed E-state index contributed by atoms with van der Waals surface area (Å²) in [6.07, 6.45) is 7.79. The van der Waals surface area contributed by atoms with E-state index < -0.39 is 0 Å². The lowest BCUT2D eigenvalue weighted by Gasteiger charge is -2.39. The smallest absolute Gasteiger partial charge is 0.212 e. The number of benzene rings is 2. The highest BCUT2D eigenvalue weighted by Gasteiger charge is 2.26. The zero-order valence-corrected chi connectivity index (χ0v) is 22.3. The highest BCUT2D eigenvalue weighted by Crippen LogP contribution is 2.30. The van der Waals surface area contributed by atoms with Crippen molar-refractivity contribution in [3.05, 3.63) is 102 Å². The zero-order valence-electron chi connectivity index (χ0n) is 22.3. The number of methoxy groups -OCH3 is 1. The number of rotatable bonds is 10. The van der Waals surface area contributed by atoms with Crippen molar-refractivity contribution in [3.63, 3.8) is 0 Å². The largest absolute Gasteiger partial charge is 0.481 e. The zero-order chi connectivity index (χ0) is 26.9. The molecule has 7 heteroatoms. The molecule has 0 radical (unpaired) electrons. The summed E-state index contributed by atoms with van der Waals surface area (Å²) in [6, 6.07) is 29.9. The molecule has 198 valence electrons. The first-order chi connectivity index (χ1) is 19.2. The van der Waals surface area contributed by atoms with Crippen LogP contribution in [-0.2, 0) is 6.54 Å². The van der Waals surface area contributed by atoms with Crippen LogP contribution in [0.2, 0.25) is 0 Å². The number of nitrogens with one attached hydrogen (secondary N) is 2. The first-order valence-electron chi connectivity index (χ1n) is 13.5. The minimum Gasteiger partial charge on any atom is -0.481 e. The topological polar surface area (TPSA) is 86.1 Å². The molecule has 0 atom stereocenters. The fourth-order valence-corrected chi connectivity index (χ4v) is 5.15. The summed E-state index contributed by atoms with van der Waals surface area (Å²) >= 11 is 0. The van der Waals surface area contributed by atoms with Crippen molar-refractivity contribution in [2.45, 2.75) is 44.3 Å². The summed E-state index contributed by atoms with van der Waals surface area (Å²) in [7, 11) is 1.63. The van der Waals surface area contributed by atoms with Gasteiger partial charge in [-0.2, -0.15) is 5.26 Å². The van der Waals surface area contributed by atoms with Gasteiger partial charge < -0.3 is 15.0 Å². The van der Waals surface area contributed by atoms with Crippen molar-refractivity contribution in [3.8, 4) is 23.1 Å². The number of aromatic nitrogens is 2. The molecule has 0 bridgehead atoms. The summed E-state index contributed by atoms with van der Waals surface area (Å²) in [6.45, 7) is 1.60. The van der Waals surface area contributed by atoms with Gasteiger partial charge in [0.15, 0.2) is 0 Å². The number of ether oxygens (including phenoxy) is 1. The second kappa shape index (κ2) is 12.9. The van der Waals surface area contributed by atoms with Crippen molar-refractivity contribution >= 4 is 11.5 Å². The van der Waals surface area contributed by atoms with Crippen LogP contribution in [0.15, 0.2) is 91.3 Å². The molecule has 7 nitrogen and oxygen atoms in total. The summed E-state index contributed by atoms with van der Waals surface area (Å²) in [5, 5.41) is 16.2. The summed E-state index contributed by atoms with van der Waals surface area (Å²) in [4.78, 5) is 11.3. The molecule has 0 unspecified atom stereocenters. The third-order valence-corrected chi connectivity index (χ3v) is 7.31. The van der Waals surface area contributed by atoms with Crippen molar-refractivity contribution in [1.29, 1.82) is 5.26 Å². The minimum atomic E-state index is 0.380. The molecule has 5 rings (SSSR count). The second-order valence-corrected chi connectivity index (χ2v) is 9.87. The highest BCUT2D eigenvalue weighted by atomic mass is 16.5. The van der Waals surface area contributed by atoms with E-state index in [1.165, 1.54) is 11.3 Å². The Hall–Kier alpha value is -4.41. The van der Waals surface area contributed by atoms with E-state index in [2.05, 4.69) is 86.2 Å². The number of pyridine rings is 2. The lowest BCUT2D eigenvalue weighted by atomic mass is 9.90. The van der Waals surface area contributed by atoms with Crippen molar-refractivity contribution in [2.75, 3.05) is 24.0 Å². The Morgan fingerprint density at radius 3 is 2.28 bits per heavy atom. The summed E-state index contributed by atoms with van der Waals surface area (Å²) in [5.41, 5.74) is 5.28. The molecule has 0 amide bonds. The van der Waals surface area contributed by atoms with Crippen LogP contribution in [0.5, 0.6) is 5.88 Å². The maximum Gasteiger partial charge on any atom is 0.212 e. The van der Waals surface area contributed by atoms with Gasteiger partial charge in [0.25, 0.3) is 0 Å². The number of anilines is 2. The normalized spacial score (nSPS) is 16.7. The van der Waals surface area contributed by atoms with E-state index >= 15 is 0 Å². The van der Waals surface area contributed by atoms with Crippen molar-refractivity contribution in [2.24, 2.45) is 0 Å². The van der Waals surface area contributed by atoms with E-state index in [0.717, 1.165) is 55.8 Å². The van der Waals surface area contributed by atoms with Crippen LogP contribution in [0.25, 0.3) is 11.1 Å². The van der Waals surface area contributed by atoms with Crippen LogP contribution in [0.3, 0.4) is 0 Å². The van der Waals surface area contributed by atoms with Crippen LogP contribution in [0.1, 0.15) is 36.8 Å². The Morgan fingerprint density at radius 2 is 1.64 bits per heavy atom. The highest BCUT2D eigenvalue weighted by molar-refractivity contribution is 5.66. The van der Waals surface area contributed by atoms with Gasteiger partial charge in [-0.3, -0.25) is 5.32 Å². The van der Waals surface area contributed by atoms with Crippen molar-refractivity contribution < 1.29 is 4.74 Å². The van der Waals surface area contributed by atoms with E-state index in [4.69, 9.17) is 10.00 Å². The van der Waals surface area contributed by atoms with E-state index in [1.54, 1.807) is 13.3 Å². The third-order valence-electron chi connectivity index (χ3n) is 7.31. The standard InChI is InChI=1S/C32H34N6O/c1-39-32-18-10-27(22-36-32)26-8-13-29(14-9-26)38(23-34-20-24-5-3-2-4-6-24)30-15-11-28(12-16-30)37-31-17-7-25(19-33)21-35-31/h2-10,13-14,17-18,21-22,28,30,34H,11-12,15-16,20,23H2,1H3,(H,35,37)/t28-,30-. The Labute approximate surface area is 230 Å².